The van der Waals surface area contributed by atoms with Gasteiger partial charge in [-0.1, -0.05) is 53.9 Å². The molecule has 7 nitrogen and oxygen atoms in total. The second-order valence-corrected chi connectivity index (χ2v) is 11.3. The Bertz CT molecular complexity index is 1170. The number of nitrogens with one attached hydrogen (secondary N) is 1. The topological polar surface area (TPSA) is 86.8 Å². The Morgan fingerprint density at radius 1 is 1.06 bits per heavy atom. The van der Waals surface area contributed by atoms with Crippen LogP contribution in [-0.4, -0.2) is 51.0 Å². The largest absolute Gasteiger partial charge is 0.357 e. The monoisotopic (exact) mass is 561 g/mol. The zero-order chi connectivity index (χ0) is 26.3. The van der Waals surface area contributed by atoms with Crippen molar-refractivity contribution in [1.29, 1.82) is 0 Å². The van der Waals surface area contributed by atoms with Crippen LogP contribution in [0.2, 0.25) is 15.1 Å². The first-order valence-electron chi connectivity index (χ1n) is 11.1. The number of carbonyl (C=O) groups is 2. The van der Waals surface area contributed by atoms with E-state index >= 15 is 0 Å². The van der Waals surface area contributed by atoms with Crippen molar-refractivity contribution in [2.24, 2.45) is 0 Å². The zero-order valence-corrected chi connectivity index (χ0v) is 23.2. The first-order chi connectivity index (χ1) is 16.4. The molecule has 35 heavy (non-hydrogen) atoms. The van der Waals surface area contributed by atoms with Crippen molar-refractivity contribution < 1.29 is 18.0 Å². The summed E-state index contributed by atoms with van der Waals surface area (Å²) < 4.78 is 26.3. The summed E-state index contributed by atoms with van der Waals surface area (Å²) in [4.78, 5) is 27.3. The number of hydrogen-bond donors (Lipinski definition) is 1. The van der Waals surface area contributed by atoms with Gasteiger partial charge in [-0.2, -0.15) is 0 Å². The Morgan fingerprint density at radius 3 is 2.31 bits per heavy atom. The molecule has 0 bridgehead atoms. The van der Waals surface area contributed by atoms with E-state index < -0.39 is 16.1 Å². The second-order valence-electron chi connectivity index (χ2n) is 8.13. The fourth-order valence-electron chi connectivity index (χ4n) is 3.77. The molecule has 1 unspecified atom stereocenters. The molecule has 11 heteroatoms. The molecule has 0 fully saturated rings. The second kappa shape index (κ2) is 12.8. The lowest BCUT2D eigenvalue weighted by atomic mass is 10.1. The Labute approximate surface area is 222 Å². The number of nitrogens with zero attached hydrogens (tertiary/aromatic N) is 2. The summed E-state index contributed by atoms with van der Waals surface area (Å²) in [6.45, 7) is 3.81. The first kappa shape index (κ1) is 29.2. The van der Waals surface area contributed by atoms with E-state index in [1.165, 1.54) is 16.3 Å². The Balaban J connectivity index is 2.25. The van der Waals surface area contributed by atoms with Gasteiger partial charge >= 0.3 is 0 Å². The van der Waals surface area contributed by atoms with Gasteiger partial charge in [-0.3, -0.25) is 13.9 Å². The molecular formula is C24H30Cl3N3O4S. The maximum Gasteiger partial charge on any atom is 0.242 e. The predicted octanol–water partition coefficient (Wildman–Crippen LogP) is 5.05. The number of sulfonamides is 1. The van der Waals surface area contributed by atoms with E-state index in [2.05, 4.69) is 5.32 Å². The van der Waals surface area contributed by atoms with Gasteiger partial charge in [0.15, 0.2) is 0 Å². The molecule has 0 saturated carbocycles. The fourth-order valence-corrected chi connectivity index (χ4v) is 5.28. The van der Waals surface area contributed by atoms with Crippen molar-refractivity contribution in [3.8, 4) is 0 Å². The summed E-state index contributed by atoms with van der Waals surface area (Å²) in [5, 5.41) is 3.80. The van der Waals surface area contributed by atoms with Crippen molar-refractivity contribution in [1.82, 2.24) is 10.2 Å². The van der Waals surface area contributed by atoms with E-state index in [-0.39, 0.29) is 37.7 Å². The number of halogens is 3. The van der Waals surface area contributed by atoms with Crippen molar-refractivity contribution >= 4 is 62.3 Å². The van der Waals surface area contributed by atoms with Crippen LogP contribution in [0.5, 0.6) is 0 Å². The average molecular weight is 563 g/mol. The van der Waals surface area contributed by atoms with Crippen molar-refractivity contribution in [2.75, 3.05) is 24.2 Å². The lowest BCUT2D eigenvalue weighted by Crippen LogP contribution is -2.48. The number of amides is 2. The smallest absolute Gasteiger partial charge is 0.242 e. The van der Waals surface area contributed by atoms with Gasteiger partial charge in [0.2, 0.25) is 21.8 Å². The van der Waals surface area contributed by atoms with Crippen LogP contribution < -0.4 is 9.62 Å². The van der Waals surface area contributed by atoms with Gasteiger partial charge in [0.25, 0.3) is 0 Å². The molecule has 0 saturated heterocycles. The van der Waals surface area contributed by atoms with Crippen LogP contribution >= 0.6 is 34.8 Å². The van der Waals surface area contributed by atoms with Gasteiger partial charge in [-0.05, 0) is 55.2 Å². The molecule has 2 rings (SSSR count). The van der Waals surface area contributed by atoms with Crippen molar-refractivity contribution in [2.45, 2.75) is 45.7 Å². The van der Waals surface area contributed by atoms with Gasteiger partial charge < -0.3 is 10.2 Å². The van der Waals surface area contributed by atoms with Gasteiger partial charge in [-0.15, -0.1) is 0 Å². The minimum Gasteiger partial charge on any atom is -0.357 e. The standard InChI is InChI=1S/C24H30Cl3N3O4S/c1-5-21(24(32)28-3)29(15-17-11-12-19(26)20(27)14-17)23(31)10-7-13-30(35(4,33)34)22-9-6-8-18(25)16(22)2/h6,8-9,11-12,14,21H,5,7,10,13,15H2,1-4H3,(H,28,32). The first-order valence-corrected chi connectivity index (χ1v) is 14.1. The average Bonchev–Trinajstić information content (AvgIpc) is 2.80. The summed E-state index contributed by atoms with van der Waals surface area (Å²) in [6, 6.07) is 9.41. The molecule has 2 aromatic carbocycles. The molecule has 2 aromatic rings. The van der Waals surface area contributed by atoms with Crippen LogP contribution in [0.25, 0.3) is 0 Å². The summed E-state index contributed by atoms with van der Waals surface area (Å²) in [5.41, 5.74) is 1.83. The lowest BCUT2D eigenvalue weighted by molar-refractivity contribution is -0.141. The van der Waals surface area contributed by atoms with E-state index in [9.17, 15) is 18.0 Å². The number of anilines is 1. The summed E-state index contributed by atoms with van der Waals surface area (Å²) in [6.07, 6.45) is 1.81. The Hall–Kier alpha value is -2.00. The molecule has 192 valence electrons. The SMILES string of the molecule is CCC(C(=O)NC)N(Cc1ccc(Cl)c(Cl)c1)C(=O)CCCN(c1cccc(Cl)c1C)S(C)(=O)=O. The van der Waals surface area contributed by atoms with E-state index in [0.717, 1.165) is 11.8 Å². The molecule has 1 atom stereocenters. The molecule has 0 aliphatic carbocycles. The van der Waals surface area contributed by atoms with Gasteiger partial charge in [0.1, 0.15) is 6.04 Å². The van der Waals surface area contributed by atoms with Gasteiger partial charge in [0.05, 0.1) is 22.0 Å². The van der Waals surface area contributed by atoms with Crippen molar-refractivity contribution in [3.63, 3.8) is 0 Å². The minimum absolute atomic E-state index is 0.0421. The third-order valence-electron chi connectivity index (χ3n) is 5.63. The maximum atomic E-state index is 13.3. The summed E-state index contributed by atoms with van der Waals surface area (Å²) in [5.74, 6) is -0.559. The molecule has 0 aromatic heterocycles. The third kappa shape index (κ3) is 7.74. The molecule has 0 spiro atoms. The number of carbonyl (C=O) groups excluding carboxylic acids is 2. The number of likely N-dealkylation sites (N-methyl/N-ethyl adjacent to an activating group) is 1. The molecule has 0 aliphatic rings. The highest BCUT2D eigenvalue weighted by Crippen LogP contribution is 2.29. The third-order valence-corrected chi connectivity index (χ3v) is 7.96. The van der Waals surface area contributed by atoms with E-state index in [1.807, 2.05) is 6.92 Å². The van der Waals surface area contributed by atoms with Crippen LogP contribution in [-0.2, 0) is 26.2 Å². The van der Waals surface area contributed by atoms with Crippen LogP contribution in [0.3, 0.4) is 0 Å². The highest BCUT2D eigenvalue weighted by Gasteiger charge is 2.28. The normalized spacial score (nSPS) is 12.2. The summed E-state index contributed by atoms with van der Waals surface area (Å²) in [7, 11) is -2.09. The molecule has 0 heterocycles. The van der Waals surface area contributed by atoms with Crippen molar-refractivity contribution in [3.05, 3.63) is 62.6 Å². The van der Waals surface area contributed by atoms with Crippen LogP contribution in [0.4, 0.5) is 5.69 Å². The fraction of sp³-hybridized carbons (Fsp3) is 0.417. The highest BCUT2D eigenvalue weighted by molar-refractivity contribution is 7.92. The lowest BCUT2D eigenvalue weighted by Gasteiger charge is -2.31. The highest BCUT2D eigenvalue weighted by atomic mass is 35.5. The maximum absolute atomic E-state index is 13.3. The zero-order valence-electron chi connectivity index (χ0n) is 20.1. The van der Waals surface area contributed by atoms with E-state index in [4.69, 9.17) is 34.8 Å². The van der Waals surface area contributed by atoms with Gasteiger partial charge in [-0.25, -0.2) is 8.42 Å². The molecule has 0 radical (unpaired) electrons. The molecule has 0 aliphatic heterocycles. The van der Waals surface area contributed by atoms with E-state index in [0.29, 0.717) is 32.7 Å². The van der Waals surface area contributed by atoms with Gasteiger partial charge in [0, 0.05) is 31.6 Å². The summed E-state index contributed by atoms with van der Waals surface area (Å²) >= 11 is 18.3. The van der Waals surface area contributed by atoms with E-state index in [1.54, 1.807) is 43.3 Å². The number of benzene rings is 2. The Kier molecular flexibility index (Phi) is 10.7. The Morgan fingerprint density at radius 2 is 1.74 bits per heavy atom. The quantitative estimate of drug-likeness (QED) is 0.415. The number of rotatable bonds is 11. The van der Waals surface area contributed by atoms with Crippen LogP contribution in [0, 0.1) is 6.92 Å². The predicted molar refractivity (Wildman–Crippen MR) is 143 cm³/mol. The van der Waals surface area contributed by atoms with Crippen LogP contribution in [0.15, 0.2) is 36.4 Å². The number of hydrogen-bond acceptors (Lipinski definition) is 4. The minimum atomic E-state index is -3.61. The van der Waals surface area contributed by atoms with Crippen LogP contribution in [0.1, 0.15) is 37.3 Å². The molecule has 1 N–H and O–H groups in total. The molecular weight excluding hydrogens is 533 g/mol. The molecule has 2 amide bonds.